The van der Waals surface area contributed by atoms with Crippen LogP contribution < -0.4 is 10.2 Å². The number of aryl methyl sites for hydroxylation is 1. The Labute approximate surface area is 198 Å². The monoisotopic (exact) mass is 467 g/mol. The number of amides is 2. The predicted molar refractivity (Wildman–Crippen MR) is 124 cm³/mol. The van der Waals surface area contributed by atoms with Gasteiger partial charge in [-0.15, -0.1) is 0 Å². The average molecular weight is 468 g/mol. The van der Waals surface area contributed by atoms with Crippen LogP contribution in [-0.4, -0.2) is 55.7 Å². The highest BCUT2D eigenvalue weighted by Crippen LogP contribution is 2.31. The Hall–Kier alpha value is -3.62. The summed E-state index contributed by atoms with van der Waals surface area (Å²) in [5.41, 5.74) is 5.28. The molecule has 1 aliphatic carbocycles. The fourth-order valence-corrected chi connectivity index (χ4v) is 4.56. The van der Waals surface area contributed by atoms with Gasteiger partial charge in [0.2, 0.25) is 0 Å². The van der Waals surface area contributed by atoms with Gasteiger partial charge in [0, 0.05) is 36.2 Å². The molecule has 1 aromatic heterocycles. The van der Waals surface area contributed by atoms with Crippen molar-refractivity contribution in [3.8, 4) is 5.75 Å². The van der Waals surface area contributed by atoms with Crippen molar-refractivity contribution in [1.29, 1.82) is 0 Å². The van der Waals surface area contributed by atoms with Gasteiger partial charge in [0.15, 0.2) is 5.76 Å². The lowest BCUT2D eigenvalue weighted by Crippen LogP contribution is -2.40. The normalized spacial score (nSPS) is 17.3. The van der Waals surface area contributed by atoms with Gasteiger partial charge in [-0.1, -0.05) is 6.07 Å². The van der Waals surface area contributed by atoms with Gasteiger partial charge in [-0.05, 0) is 50.8 Å². The van der Waals surface area contributed by atoms with Gasteiger partial charge in [-0.2, -0.15) is 5.10 Å². The Morgan fingerprint density at radius 2 is 1.91 bits per heavy atom. The Bertz CT molecular complexity index is 1130. The van der Waals surface area contributed by atoms with E-state index in [1.165, 1.54) is 7.11 Å². The van der Waals surface area contributed by atoms with E-state index in [1.807, 2.05) is 6.92 Å². The molecule has 2 aliphatic rings. The summed E-state index contributed by atoms with van der Waals surface area (Å²) < 4.78 is 16.0. The number of likely N-dealkylation sites (tertiary alicyclic amines) is 1. The number of piperidine rings is 1. The molecule has 0 bridgehead atoms. The Morgan fingerprint density at radius 1 is 1.15 bits per heavy atom. The average Bonchev–Trinajstić information content (AvgIpc) is 3.23. The summed E-state index contributed by atoms with van der Waals surface area (Å²) in [6.07, 6.45) is 3.33. The summed E-state index contributed by atoms with van der Waals surface area (Å²) in [5.74, 6) is 0.672. The van der Waals surface area contributed by atoms with Crippen LogP contribution in [0.15, 0.2) is 33.8 Å². The van der Waals surface area contributed by atoms with Gasteiger partial charge in [0.1, 0.15) is 11.5 Å². The fraction of sp³-hybridized carbons (Fsp3) is 0.440. The van der Waals surface area contributed by atoms with Crippen molar-refractivity contribution in [3.63, 3.8) is 0 Å². The molecule has 0 atom stereocenters. The highest BCUT2D eigenvalue weighted by molar-refractivity contribution is 6.07. The van der Waals surface area contributed by atoms with Gasteiger partial charge >= 0.3 is 5.97 Å². The van der Waals surface area contributed by atoms with Gasteiger partial charge in [0.25, 0.3) is 11.8 Å². The third kappa shape index (κ3) is 4.69. The number of carbonyl (C=O) groups is 3. The van der Waals surface area contributed by atoms with E-state index in [2.05, 4.69) is 10.5 Å². The molecule has 2 heterocycles. The van der Waals surface area contributed by atoms with Gasteiger partial charge in [-0.25, -0.2) is 5.43 Å². The van der Waals surface area contributed by atoms with E-state index < -0.39 is 0 Å². The highest BCUT2D eigenvalue weighted by atomic mass is 16.5. The number of rotatable bonds is 5. The Morgan fingerprint density at radius 3 is 2.62 bits per heavy atom. The molecule has 1 fully saturated rings. The summed E-state index contributed by atoms with van der Waals surface area (Å²) in [5, 5.41) is 4.38. The molecule has 9 nitrogen and oxygen atoms in total. The number of fused-ring (bicyclic) bond motifs is 1. The number of carbonyl (C=O) groups excluding carboxylic acids is 3. The summed E-state index contributed by atoms with van der Waals surface area (Å²) >= 11 is 0. The zero-order valence-corrected chi connectivity index (χ0v) is 19.7. The van der Waals surface area contributed by atoms with Crippen LogP contribution in [0.3, 0.4) is 0 Å². The zero-order valence-electron chi connectivity index (χ0n) is 19.7. The summed E-state index contributed by atoms with van der Waals surface area (Å²) in [6, 6.07) is 6.84. The first-order chi connectivity index (χ1) is 16.4. The first kappa shape index (κ1) is 23.5. The minimum absolute atomic E-state index is 0.174. The van der Waals surface area contributed by atoms with E-state index in [1.54, 1.807) is 36.3 Å². The molecule has 34 heavy (non-hydrogen) atoms. The number of furan rings is 1. The van der Waals surface area contributed by atoms with Crippen molar-refractivity contribution in [2.75, 3.05) is 27.3 Å². The standard InChI is InChI=1S/C25H29N3O6/c1-15-21-19(26-27-23(29)17-6-4-7-18(14-17)32-2)8-5-9-20(21)34-22(15)24(30)28-12-10-16(11-13-28)25(31)33-3/h4,6-7,14,16H,5,8-13H2,1-3H3,(H,27,29)/b26-19+. The molecular formula is C25H29N3O6. The summed E-state index contributed by atoms with van der Waals surface area (Å²) in [4.78, 5) is 39.3. The number of nitrogens with one attached hydrogen (secondary N) is 1. The van der Waals surface area contributed by atoms with E-state index in [9.17, 15) is 14.4 Å². The molecule has 2 amide bonds. The number of ether oxygens (including phenoxy) is 2. The van der Waals surface area contributed by atoms with Crippen molar-refractivity contribution in [3.05, 3.63) is 52.5 Å². The molecule has 2 aromatic rings. The van der Waals surface area contributed by atoms with Crippen LogP contribution in [0, 0.1) is 12.8 Å². The lowest BCUT2D eigenvalue weighted by Gasteiger charge is -2.30. The Kier molecular flexibility index (Phi) is 7.00. The SMILES string of the molecule is COC(=O)C1CCN(C(=O)c2oc3c(c2C)/C(=N/NC(=O)c2cccc(OC)c2)CCC3)CC1. The highest BCUT2D eigenvalue weighted by Gasteiger charge is 2.33. The van der Waals surface area contributed by atoms with Gasteiger partial charge in [0.05, 0.1) is 25.8 Å². The van der Waals surface area contributed by atoms with Crippen LogP contribution >= 0.6 is 0 Å². The number of hydrazone groups is 1. The third-order valence-corrected chi connectivity index (χ3v) is 6.46. The maximum atomic E-state index is 13.2. The summed E-state index contributed by atoms with van der Waals surface area (Å²) in [7, 11) is 2.93. The zero-order chi connectivity index (χ0) is 24.2. The molecule has 1 saturated heterocycles. The third-order valence-electron chi connectivity index (χ3n) is 6.46. The maximum absolute atomic E-state index is 13.2. The Balaban J connectivity index is 1.50. The number of hydrogen-bond donors (Lipinski definition) is 1. The largest absolute Gasteiger partial charge is 0.497 e. The second-order valence-corrected chi connectivity index (χ2v) is 8.53. The molecule has 1 aliphatic heterocycles. The maximum Gasteiger partial charge on any atom is 0.308 e. The van der Waals surface area contributed by atoms with E-state index in [-0.39, 0.29) is 23.7 Å². The lowest BCUT2D eigenvalue weighted by molar-refractivity contribution is -0.146. The number of esters is 1. The van der Waals surface area contributed by atoms with Crippen molar-refractivity contribution in [1.82, 2.24) is 10.3 Å². The molecular weight excluding hydrogens is 438 g/mol. The molecule has 4 rings (SSSR count). The first-order valence-electron chi connectivity index (χ1n) is 11.4. The van der Waals surface area contributed by atoms with Crippen molar-refractivity contribution in [2.24, 2.45) is 11.0 Å². The molecule has 180 valence electrons. The lowest BCUT2D eigenvalue weighted by atomic mass is 9.93. The smallest absolute Gasteiger partial charge is 0.308 e. The molecule has 9 heteroatoms. The first-order valence-corrected chi connectivity index (χ1v) is 11.4. The molecule has 0 unspecified atom stereocenters. The molecule has 1 N–H and O–H groups in total. The predicted octanol–water partition coefficient (Wildman–Crippen LogP) is 3.09. The van der Waals surface area contributed by atoms with E-state index in [0.29, 0.717) is 67.3 Å². The van der Waals surface area contributed by atoms with Crippen molar-refractivity contribution in [2.45, 2.75) is 39.0 Å². The van der Waals surface area contributed by atoms with Crippen LogP contribution in [-0.2, 0) is 16.0 Å². The van der Waals surface area contributed by atoms with E-state index in [0.717, 1.165) is 17.5 Å². The van der Waals surface area contributed by atoms with Crippen LogP contribution in [0.1, 0.15) is 63.5 Å². The molecule has 0 radical (unpaired) electrons. The second-order valence-electron chi connectivity index (χ2n) is 8.53. The molecule has 1 aromatic carbocycles. The quantitative estimate of drug-likeness (QED) is 0.534. The van der Waals surface area contributed by atoms with E-state index >= 15 is 0 Å². The molecule has 0 saturated carbocycles. The second kappa shape index (κ2) is 10.1. The number of methoxy groups -OCH3 is 2. The minimum Gasteiger partial charge on any atom is -0.497 e. The fourth-order valence-electron chi connectivity index (χ4n) is 4.56. The van der Waals surface area contributed by atoms with Crippen LogP contribution in [0.4, 0.5) is 0 Å². The van der Waals surface area contributed by atoms with Crippen LogP contribution in [0.2, 0.25) is 0 Å². The summed E-state index contributed by atoms with van der Waals surface area (Å²) in [6.45, 7) is 2.80. The van der Waals surface area contributed by atoms with Gasteiger partial charge in [-0.3, -0.25) is 14.4 Å². The van der Waals surface area contributed by atoms with Crippen LogP contribution in [0.25, 0.3) is 0 Å². The van der Waals surface area contributed by atoms with Crippen LogP contribution in [0.5, 0.6) is 5.75 Å². The number of benzene rings is 1. The number of nitrogens with zero attached hydrogens (tertiary/aromatic N) is 2. The van der Waals surface area contributed by atoms with Crippen molar-refractivity contribution >= 4 is 23.5 Å². The topological polar surface area (TPSA) is 110 Å². The van der Waals surface area contributed by atoms with Gasteiger partial charge < -0.3 is 18.8 Å². The minimum atomic E-state index is -0.343. The van der Waals surface area contributed by atoms with Crippen molar-refractivity contribution < 1.29 is 28.3 Å². The number of hydrogen-bond acceptors (Lipinski definition) is 7. The van der Waals surface area contributed by atoms with E-state index in [4.69, 9.17) is 13.9 Å². The molecule has 0 spiro atoms.